The minimum Gasteiger partial charge on any atom is -0.327 e. The van der Waals surface area contributed by atoms with Crippen molar-refractivity contribution in [3.8, 4) is 0 Å². The molecule has 1 aliphatic rings. The molecule has 1 heterocycles. The first kappa shape index (κ1) is 11.9. The van der Waals surface area contributed by atoms with Gasteiger partial charge in [0.25, 0.3) is 0 Å². The molecule has 3 rings (SSSR count). The standard InChI is InChI=1S/C13H15N5O/c14-12-5-11(12)13(19)17-10-3-1-2-9(4-10)6-18-8-15-7-16-18/h1-4,7-8,11-12H,5-6,14H2,(H,17,19). The highest BCUT2D eigenvalue weighted by molar-refractivity contribution is 5.94. The number of aromatic nitrogens is 3. The molecule has 1 amide bonds. The van der Waals surface area contributed by atoms with E-state index in [-0.39, 0.29) is 17.9 Å². The molecule has 0 saturated heterocycles. The van der Waals surface area contributed by atoms with Gasteiger partial charge in [0, 0.05) is 11.7 Å². The predicted octanol–water partition coefficient (Wildman–Crippen LogP) is 0.612. The summed E-state index contributed by atoms with van der Waals surface area (Å²) in [5, 5.41) is 6.94. The van der Waals surface area contributed by atoms with E-state index in [1.807, 2.05) is 24.3 Å². The molecule has 3 N–H and O–H groups in total. The van der Waals surface area contributed by atoms with Crippen LogP contribution in [-0.2, 0) is 11.3 Å². The van der Waals surface area contributed by atoms with Crippen molar-refractivity contribution in [1.29, 1.82) is 0 Å². The molecule has 1 fully saturated rings. The summed E-state index contributed by atoms with van der Waals surface area (Å²) >= 11 is 0. The molecule has 6 heteroatoms. The molecule has 0 radical (unpaired) electrons. The third kappa shape index (κ3) is 2.79. The molecule has 1 aliphatic carbocycles. The second-order valence-electron chi connectivity index (χ2n) is 4.79. The third-order valence-electron chi connectivity index (χ3n) is 3.18. The molecule has 1 aromatic carbocycles. The fourth-order valence-electron chi connectivity index (χ4n) is 2.00. The Bertz CT molecular complexity index is 580. The van der Waals surface area contributed by atoms with E-state index >= 15 is 0 Å². The molecule has 0 bridgehead atoms. The normalized spacial score (nSPS) is 21.1. The topological polar surface area (TPSA) is 85.8 Å². The SMILES string of the molecule is NC1CC1C(=O)Nc1cccc(Cn2cncn2)c1. The lowest BCUT2D eigenvalue weighted by Gasteiger charge is -2.07. The number of hydrogen-bond donors (Lipinski definition) is 2. The van der Waals surface area contributed by atoms with Crippen LogP contribution in [0.3, 0.4) is 0 Å². The van der Waals surface area contributed by atoms with E-state index in [9.17, 15) is 4.79 Å². The number of nitrogens with one attached hydrogen (secondary N) is 1. The number of anilines is 1. The molecule has 1 saturated carbocycles. The highest BCUT2D eigenvalue weighted by Crippen LogP contribution is 2.29. The monoisotopic (exact) mass is 257 g/mol. The number of amides is 1. The number of carbonyl (C=O) groups is 1. The zero-order valence-electron chi connectivity index (χ0n) is 10.4. The van der Waals surface area contributed by atoms with Gasteiger partial charge in [-0.2, -0.15) is 5.10 Å². The molecule has 19 heavy (non-hydrogen) atoms. The number of carbonyl (C=O) groups excluding carboxylic acids is 1. The number of benzene rings is 1. The first-order valence-corrected chi connectivity index (χ1v) is 6.20. The van der Waals surface area contributed by atoms with Gasteiger partial charge in [0.2, 0.25) is 5.91 Å². The Morgan fingerprint density at radius 2 is 2.37 bits per heavy atom. The summed E-state index contributed by atoms with van der Waals surface area (Å²) in [6.07, 6.45) is 3.94. The van der Waals surface area contributed by atoms with Gasteiger partial charge in [-0.3, -0.25) is 4.79 Å². The number of hydrogen-bond acceptors (Lipinski definition) is 4. The highest BCUT2D eigenvalue weighted by Gasteiger charge is 2.39. The summed E-state index contributed by atoms with van der Waals surface area (Å²) in [5.74, 6) is -0.0237. The minimum atomic E-state index is -0.0287. The maximum Gasteiger partial charge on any atom is 0.229 e. The van der Waals surface area contributed by atoms with E-state index in [2.05, 4.69) is 15.4 Å². The second kappa shape index (κ2) is 4.81. The summed E-state index contributed by atoms with van der Waals surface area (Å²) in [7, 11) is 0. The number of rotatable bonds is 4. The maximum absolute atomic E-state index is 11.8. The van der Waals surface area contributed by atoms with Crippen LogP contribution in [0.25, 0.3) is 0 Å². The van der Waals surface area contributed by atoms with Crippen molar-refractivity contribution in [3.05, 3.63) is 42.5 Å². The Hall–Kier alpha value is -2.21. The number of nitrogens with two attached hydrogens (primary N) is 1. The molecular formula is C13H15N5O. The Morgan fingerprint density at radius 1 is 1.53 bits per heavy atom. The van der Waals surface area contributed by atoms with Gasteiger partial charge < -0.3 is 11.1 Å². The molecule has 2 unspecified atom stereocenters. The zero-order chi connectivity index (χ0) is 13.2. The van der Waals surface area contributed by atoms with Gasteiger partial charge >= 0.3 is 0 Å². The van der Waals surface area contributed by atoms with E-state index < -0.39 is 0 Å². The van der Waals surface area contributed by atoms with Crippen LogP contribution in [0.15, 0.2) is 36.9 Å². The zero-order valence-corrected chi connectivity index (χ0v) is 10.4. The van der Waals surface area contributed by atoms with Gasteiger partial charge in [0.1, 0.15) is 12.7 Å². The van der Waals surface area contributed by atoms with Gasteiger partial charge in [-0.05, 0) is 24.1 Å². The van der Waals surface area contributed by atoms with Gasteiger partial charge in [0.15, 0.2) is 0 Å². The Kier molecular flexibility index (Phi) is 3.00. The second-order valence-corrected chi connectivity index (χ2v) is 4.79. The van der Waals surface area contributed by atoms with Crippen molar-refractivity contribution in [1.82, 2.24) is 14.8 Å². The largest absolute Gasteiger partial charge is 0.327 e. The van der Waals surface area contributed by atoms with E-state index in [1.165, 1.54) is 6.33 Å². The molecule has 98 valence electrons. The van der Waals surface area contributed by atoms with Crippen molar-refractivity contribution in [2.45, 2.75) is 19.0 Å². The van der Waals surface area contributed by atoms with Crippen LogP contribution in [-0.4, -0.2) is 26.7 Å². The molecule has 0 aliphatic heterocycles. The average Bonchev–Trinajstić information content (AvgIpc) is 2.90. The maximum atomic E-state index is 11.8. The van der Waals surface area contributed by atoms with Crippen LogP contribution in [0.2, 0.25) is 0 Å². The van der Waals surface area contributed by atoms with Gasteiger partial charge in [0.05, 0.1) is 12.5 Å². The van der Waals surface area contributed by atoms with E-state index in [4.69, 9.17) is 5.73 Å². The number of nitrogens with zero attached hydrogens (tertiary/aromatic N) is 3. The van der Waals surface area contributed by atoms with Gasteiger partial charge in [-0.1, -0.05) is 12.1 Å². The van der Waals surface area contributed by atoms with Crippen molar-refractivity contribution < 1.29 is 4.79 Å². The molecule has 0 spiro atoms. The lowest BCUT2D eigenvalue weighted by molar-refractivity contribution is -0.117. The summed E-state index contributed by atoms with van der Waals surface area (Å²) in [5.41, 5.74) is 7.51. The molecule has 2 aromatic rings. The highest BCUT2D eigenvalue weighted by atomic mass is 16.2. The van der Waals surface area contributed by atoms with Crippen molar-refractivity contribution in [3.63, 3.8) is 0 Å². The van der Waals surface area contributed by atoms with Crippen LogP contribution in [0.5, 0.6) is 0 Å². The Morgan fingerprint density at radius 3 is 3.05 bits per heavy atom. The van der Waals surface area contributed by atoms with E-state index in [0.29, 0.717) is 6.54 Å². The fraction of sp³-hybridized carbons (Fsp3) is 0.308. The van der Waals surface area contributed by atoms with Gasteiger partial charge in [-0.25, -0.2) is 9.67 Å². The van der Waals surface area contributed by atoms with Crippen molar-refractivity contribution in [2.75, 3.05) is 5.32 Å². The smallest absolute Gasteiger partial charge is 0.229 e. The lowest BCUT2D eigenvalue weighted by atomic mass is 10.2. The van der Waals surface area contributed by atoms with Crippen LogP contribution < -0.4 is 11.1 Å². The van der Waals surface area contributed by atoms with Crippen LogP contribution in [0.1, 0.15) is 12.0 Å². The van der Waals surface area contributed by atoms with Crippen molar-refractivity contribution >= 4 is 11.6 Å². The molecule has 2 atom stereocenters. The van der Waals surface area contributed by atoms with Crippen molar-refractivity contribution in [2.24, 2.45) is 11.7 Å². The lowest BCUT2D eigenvalue weighted by Crippen LogP contribution is -2.18. The third-order valence-corrected chi connectivity index (χ3v) is 3.18. The van der Waals surface area contributed by atoms with E-state index in [1.54, 1.807) is 11.0 Å². The quantitative estimate of drug-likeness (QED) is 0.840. The molecule has 1 aromatic heterocycles. The average molecular weight is 257 g/mol. The summed E-state index contributed by atoms with van der Waals surface area (Å²) < 4.78 is 1.73. The molecular weight excluding hydrogens is 242 g/mol. The fourth-order valence-corrected chi connectivity index (χ4v) is 2.00. The van der Waals surface area contributed by atoms with Crippen LogP contribution in [0.4, 0.5) is 5.69 Å². The summed E-state index contributed by atoms with van der Waals surface area (Å²) in [6, 6.07) is 7.73. The Balaban J connectivity index is 1.67. The van der Waals surface area contributed by atoms with Crippen LogP contribution in [0, 0.1) is 5.92 Å². The predicted molar refractivity (Wildman–Crippen MR) is 70.3 cm³/mol. The molecule has 6 nitrogen and oxygen atoms in total. The minimum absolute atomic E-state index is 0.00501. The van der Waals surface area contributed by atoms with Gasteiger partial charge in [-0.15, -0.1) is 0 Å². The van der Waals surface area contributed by atoms with E-state index in [0.717, 1.165) is 17.7 Å². The summed E-state index contributed by atoms with van der Waals surface area (Å²) in [6.45, 7) is 0.632. The first-order chi connectivity index (χ1) is 9.22. The summed E-state index contributed by atoms with van der Waals surface area (Å²) in [4.78, 5) is 15.7. The Labute approximate surface area is 110 Å². The van der Waals surface area contributed by atoms with Crippen LogP contribution >= 0.6 is 0 Å². The first-order valence-electron chi connectivity index (χ1n) is 6.20.